The molecular weight excluding hydrogens is 338 g/mol. The summed E-state index contributed by atoms with van der Waals surface area (Å²) < 4.78 is 7.29. The van der Waals surface area contributed by atoms with E-state index in [0.29, 0.717) is 5.69 Å². The van der Waals surface area contributed by atoms with Crippen LogP contribution in [0.4, 0.5) is 4.79 Å². The van der Waals surface area contributed by atoms with Gasteiger partial charge < -0.3 is 19.8 Å². The Balaban J connectivity index is 1.69. The van der Waals surface area contributed by atoms with Crippen molar-refractivity contribution in [2.75, 3.05) is 13.1 Å². The number of aliphatic hydroxyl groups excluding tert-OH is 1. The largest absolute Gasteiger partial charge is 0.474 e. The van der Waals surface area contributed by atoms with Gasteiger partial charge in [0.1, 0.15) is 18.1 Å². The molecule has 1 saturated heterocycles. The Morgan fingerprint density at radius 1 is 1.27 bits per heavy atom. The molecule has 1 aromatic carbocycles. The first-order valence-electron chi connectivity index (χ1n) is 8.14. The van der Waals surface area contributed by atoms with Gasteiger partial charge in [0, 0.05) is 31.4 Å². The third-order valence-corrected chi connectivity index (χ3v) is 4.80. The number of aliphatic hydroxyl groups is 1. The Kier molecular flexibility index (Phi) is 3.77. The van der Waals surface area contributed by atoms with Crippen LogP contribution in [0.2, 0.25) is 0 Å². The summed E-state index contributed by atoms with van der Waals surface area (Å²) in [5.74, 6) is 0.266. The van der Waals surface area contributed by atoms with E-state index >= 15 is 0 Å². The fourth-order valence-corrected chi connectivity index (χ4v) is 3.36. The molecule has 0 bridgehead atoms. The molecule has 1 spiro atoms. The van der Waals surface area contributed by atoms with Crippen LogP contribution in [-0.4, -0.2) is 44.9 Å². The Morgan fingerprint density at radius 2 is 2.00 bits per heavy atom. The molecule has 26 heavy (non-hydrogen) atoms. The number of benzene rings is 1. The Hall–Kier alpha value is -3.13. The van der Waals surface area contributed by atoms with Gasteiger partial charge in [-0.1, -0.05) is 30.3 Å². The van der Waals surface area contributed by atoms with Crippen LogP contribution in [0.3, 0.4) is 0 Å². The number of hydrogen-bond acceptors (Lipinski definition) is 5. The third-order valence-electron chi connectivity index (χ3n) is 4.80. The van der Waals surface area contributed by atoms with Gasteiger partial charge in [-0.3, -0.25) is 4.79 Å². The molecule has 1 atom stereocenters. The summed E-state index contributed by atoms with van der Waals surface area (Å²) in [7, 11) is 0. The standard InChI is InChI=1S/C18H17N3O5/c22-13-6-7-21-14(8-13)15(23)18(10-20(11-18)17(24)25)16(19-21)26-9-12-4-2-1-3-5-12/h1-8,15,23H,9-11H2,(H,24,25). The van der Waals surface area contributed by atoms with Crippen molar-refractivity contribution in [1.29, 1.82) is 0 Å². The molecule has 1 amide bonds. The molecule has 0 saturated carbocycles. The number of likely N-dealkylation sites (tertiary alicyclic amines) is 1. The Labute approximate surface area is 148 Å². The smallest absolute Gasteiger partial charge is 0.407 e. The number of fused-ring (bicyclic) bond motifs is 1. The van der Waals surface area contributed by atoms with E-state index in [1.807, 2.05) is 30.3 Å². The second kappa shape index (κ2) is 5.99. The van der Waals surface area contributed by atoms with Gasteiger partial charge in [0.05, 0.1) is 5.69 Å². The van der Waals surface area contributed by atoms with E-state index in [-0.39, 0.29) is 31.0 Å². The van der Waals surface area contributed by atoms with Gasteiger partial charge in [0.25, 0.3) is 0 Å². The van der Waals surface area contributed by atoms with Crippen LogP contribution in [0.1, 0.15) is 17.4 Å². The van der Waals surface area contributed by atoms with Gasteiger partial charge in [-0.15, -0.1) is 5.10 Å². The van der Waals surface area contributed by atoms with Crippen molar-refractivity contribution in [2.45, 2.75) is 12.7 Å². The Bertz CT molecular complexity index is 931. The van der Waals surface area contributed by atoms with E-state index in [0.717, 1.165) is 5.56 Å². The van der Waals surface area contributed by atoms with Gasteiger partial charge in [-0.2, -0.15) is 0 Å². The van der Waals surface area contributed by atoms with Gasteiger partial charge in [-0.05, 0) is 5.56 Å². The molecule has 2 aliphatic heterocycles. The second-order valence-corrected chi connectivity index (χ2v) is 6.51. The molecule has 134 valence electrons. The van der Waals surface area contributed by atoms with Crippen LogP contribution >= 0.6 is 0 Å². The lowest BCUT2D eigenvalue weighted by atomic mass is 9.72. The predicted molar refractivity (Wildman–Crippen MR) is 91.8 cm³/mol. The quantitative estimate of drug-likeness (QED) is 0.844. The van der Waals surface area contributed by atoms with Gasteiger partial charge in [-0.25, -0.2) is 9.47 Å². The van der Waals surface area contributed by atoms with Crippen molar-refractivity contribution in [2.24, 2.45) is 10.5 Å². The minimum Gasteiger partial charge on any atom is -0.474 e. The van der Waals surface area contributed by atoms with Crippen LogP contribution in [0.5, 0.6) is 0 Å². The van der Waals surface area contributed by atoms with E-state index in [9.17, 15) is 19.8 Å². The molecule has 4 rings (SSSR count). The molecule has 1 aromatic heterocycles. The number of pyridine rings is 1. The number of carbonyl (C=O) groups is 1. The van der Waals surface area contributed by atoms with Crippen LogP contribution < -0.4 is 5.43 Å². The topological polar surface area (TPSA) is 104 Å². The summed E-state index contributed by atoms with van der Waals surface area (Å²) in [5.41, 5.74) is 0.0271. The zero-order valence-corrected chi connectivity index (χ0v) is 13.8. The zero-order chi connectivity index (χ0) is 18.3. The molecule has 1 fully saturated rings. The number of rotatable bonds is 2. The maximum Gasteiger partial charge on any atom is 0.407 e. The molecule has 2 aliphatic rings. The lowest BCUT2D eigenvalue weighted by Gasteiger charge is -2.52. The monoisotopic (exact) mass is 355 g/mol. The SMILES string of the molecule is O=C(O)N1CC2(C1)C(OCc1ccccc1)=Nn1ccc(=O)cc1C2O. The van der Waals surface area contributed by atoms with Crippen molar-refractivity contribution in [3.05, 3.63) is 70.1 Å². The molecule has 0 aliphatic carbocycles. The normalized spacial score (nSPS) is 20.1. The van der Waals surface area contributed by atoms with Crippen LogP contribution in [0, 0.1) is 5.41 Å². The predicted octanol–water partition coefficient (Wildman–Crippen LogP) is 1.25. The molecule has 2 N–H and O–H groups in total. The molecule has 8 nitrogen and oxygen atoms in total. The zero-order valence-electron chi connectivity index (χ0n) is 13.8. The average molecular weight is 355 g/mol. The fourth-order valence-electron chi connectivity index (χ4n) is 3.36. The molecule has 1 unspecified atom stereocenters. The van der Waals surface area contributed by atoms with Crippen LogP contribution in [0.15, 0.2) is 58.6 Å². The average Bonchev–Trinajstić information content (AvgIpc) is 2.59. The van der Waals surface area contributed by atoms with Gasteiger partial charge >= 0.3 is 6.09 Å². The number of hydrogen-bond donors (Lipinski definition) is 2. The van der Waals surface area contributed by atoms with E-state index in [4.69, 9.17) is 4.74 Å². The number of ether oxygens (including phenoxy) is 1. The summed E-state index contributed by atoms with van der Waals surface area (Å²) >= 11 is 0. The summed E-state index contributed by atoms with van der Waals surface area (Å²) in [4.78, 5) is 24.1. The number of nitrogens with zero attached hydrogens (tertiary/aromatic N) is 3. The molecule has 2 aromatic rings. The minimum absolute atomic E-state index is 0.0558. The summed E-state index contributed by atoms with van der Waals surface area (Å²) in [5, 5.41) is 24.5. The van der Waals surface area contributed by atoms with E-state index < -0.39 is 17.6 Å². The highest BCUT2D eigenvalue weighted by atomic mass is 16.5. The van der Waals surface area contributed by atoms with Gasteiger partial charge in [0.15, 0.2) is 5.43 Å². The number of amides is 1. The first-order valence-corrected chi connectivity index (χ1v) is 8.14. The van der Waals surface area contributed by atoms with E-state index in [2.05, 4.69) is 5.10 Å². The maximum absolute atomic E-state index is 11.7. The first-order chi connectivity index (χ1) is 12.5. The van der Waals surface area contributed by atoms with E-state index in [1.54, 1.807) is 0 Å². The highest BCUT2D eigenvalue weighted by Gasteiger charge is 2.58. The van der Waals surface area contributed by atoms with Gasteiger partial charge in [0.2, 0.25) is 5.90 Å². The van der Waals surface area contributed by atoms with Crippen LogP contribution in [-0.2, 0) is 11.3 Å². The van der Waals surface area contributed by atoms with E-state index in [1.165, 1.54) is 27.9 Å². The summed E-state index contributed by atoms with van der Waals surface area (Å²) in [6.07, 6.45) is -0.690. The minimum atomic E-state index is -1.09. The highest BCUT2D eigenvalue weighted by Crippen LogP contribution is 2.46. The fraction of sp³-hybridized carbons (Fsp3) is 0.278. The number of aromatic nitrogens is 1. The maximum atomic E-state index is 11.7. The molecular formula is C18H17N3O5. The van der Waals surface area contributed by atoms with Crippen molar-refractivity contribution in [1.82, 2.24) is 9.58 Å². The van der Waals surface area contributed by atoms with Crippen LogP contribution in [0.25, 0.3) is 0 Å². The number of carboxylic acid groups (broad SMARTS) is 1. The highest BCUT2D eigenvalue weighted by molar-refractivity contribution is 5.88. The summed E-state index contributed by atoms with van der Waals surface area (Å²) in [6.45, 7) is 0.358. The van der Waals surface area contributed by atoms with Crippen molar-refractivity contribution in [3.63, 3.8) is 0 Å². The Morgan fingerprint density at radius 3 is 2.69 bits per heavy atom. The molecule has 3 heterocycles. The summed E-state index contributed by atoms with van der Waals surface area (Å²) in [6, 6.07) is 12.1. The second-order valence-electron chi connectivity index (χ2n) is 6.51. The molecule has 8 heteroatoms. The molecule has 0 radical (unpaired) electrons. The van der Waals surface area contributed by atoms with Crippen molar-refractivity contribution >= 4 is 12.0 Å². The lowest BCUT2D eigenvalue weighted by Crippen LogP contribution is -2.66. The first kappa shape index (κ1) is 16.3. The third kappa shape index (κ3) is 2.55. The van der Waals surface area contributed by atoms with Crippen molar-refractivity contribution < 1.29 is 19.7 Å². The van der Waals surface area contributed by atoms with Crippen molar-refractivity contribution in [3.8, 4) is 0 Å². The lowest BCUT2D eigenvalue weighted by molar-refractivity contribution is -0.0583.